The van der Waals surface area contributed by atoms with Crippen molar-refractivity contribution < 1.29 is 9.90 Å². The number of aliphatic hydroxyl groups excluding tert-OH is 1. The number of hydrogen-bond donors (Lipinski definition) is 1. The van der Waals surface area contributed by atoms with Crippen molar-refractivity contribution in [1.29, 1.82) is 0 Å². The van der Waals surface area contributed by atoms with Crippen LogP contribution in [0, 0.1) is 6.33 Å². The summed E-state index contributed by atoms with van der Waals surface area (Å²) in [5.41, 5.74) is 0. The van der Waals surface area contributed by atoms with E-state index in [1.54, 1.807) is 0 Å². The van der Waals surface area contributed by atoms with Crippen LogP contribution in [0.1, 0.15) is 23.3 Å². The molecule has 0 aliphatic carbocycles. The van der Waals surface area contributed by atoms with Gasteiger partial charge in [-0.1, -0.05) is 12.7 Å². The lowest BCUT2D eigenvalue weighted by Gasteiger charge is -2.07. The molecule has 73 valence electrons. The number of ketones is 1. The maximum atomic E-state index is 11.4. The van der Waals surface area contributed by atoms with Crippen molar-refractivity contribution in [3.63, 3.8) is 0 Å². The Balaban J connectivity index is 2.97. The summed E-state index contributed by atoms with van der Waals surface area (Å²) in [5, 5.41) is 16.3. The lowest BCUT2D eigenvalue weighted by Crippen LogP contribution is -2.13. The van der Waals surface area contributed by atoms with Gasteiger partial charge < -0.3 is 5.11 Å². The minimum absolute atomic E-state index is 0.0531. The van der Waals surface area contributed by atoms with Gasteiger partial charge in [-0.3, -0.25) is 9.36 Å². The predicted octanol–water partition coefficient (Wildman–Crippen LogP) is 0.514. The number of carbonyl (C=O) groups is 1. The monoisotopic (exact) mass is 192 g/mol. The third-order valence-electron chi connectivity index (χ3n) is 1.58. The average molecular weight is 192 g/mol. The van der Waals surface area contributed by atoms with Crippen molar-refractivity contribution in [2.75, 3.05) is 0 Å². The van der Waals surface area contributed by atoms with Gasteiger partial charge in [-0.05, 0) is 6.08 Å². The van der Waals surface area contributed by atoms with E-state index in [0.717, 1.165) is 4.57 Å². The van der Waals surface area contributed by atoms with Crippen molar-refractivity contribution in [1.82, 2.24) is 14.8 Å². The first-order valence-electron chi connectivity index (χ1n) is 3.98. The Morgan fingerprint density at radius 2 is 2.43 bits per heavy atom. The zero-order valence-electron chi connectivity index (χ0n) is 7.55. The van der Waals surface area contributed by atoms with Crippen LogP contribution in [-0.4, -0.2) is 25.7 Å². The molecular weight excluding hydrogens is 182 g/mol. The molecule has 0 bridgehead atoms. The largest absolute Gasteiger partial charge is 0.369 e. The second-order valence-corrected chi connectivity index (χ2v) is 2.56. The topological polar surface area (TPSA) is 68.0 Å². The first kappa shape index (κ1) is 10.3. The van der Waals surface area contributed by atoms with E-state index in [-0.39, 0.29) is 18.0 Å². The van der Waals surface area contributed by atoms with E-state index in [9.17, 15) is 9.90 Å². The van der Waals surface area contributed by atoms with E-state index < -0.39 is 6.23 Å². The number of nitrogens with zero attached hydrogens (tertiary/aromatic N) is 3. The summed E-state index contributed by atoms with van der Waals surface area (Å²) in [7, 11) is 0. The SMILES string of the molecule is C=CCC(=O)c1nn[c]n1C(O)C=C. The molecule has 1 aromatic rings. The van der Waals surface area contributed by atoms with Gasteiger partial charge in [0.1, 0.15) is 0 Å². The molecule has 1 aromatic heterocycles. The van der Waals surface area contributed by atoms with Crippen LogP contribution < -0.4 is 0 Å². The van der Waals surface area contributed by atoms with Crippen LogP contribution in [0.4, 0.5) is 0 Å². The third-order valence-corrected chi connectivity index (χ3v) is 1.58. The van der Waals surface area contributed by atoms with Crippen LogP contribution in [0.2, 0.25) is 0 Å². The van der Waals surface area contributed by atoms with Gasteiger partial charge in [0.15, 0.2) is 6.23 Å². The highest BCUT2D eigenvalue weighted by Gasteiger charge is 2.16. The molecule has 1 radical (unpaired) electrons. The molecule has 0 amide bonds. The Kier molecular flexibility index (Phi) is 3.30. The Morgan fingerprint density at radius 3 is 3.00 bits per heavy atom. The standard InChI is InChI=1S/C9H10N3O2/c1-3-5-7(13)9-11-10-6-12(9)8(14)4-2/h3-4,8,14H,1-2,5H2. The van der Waals surface area contributed by atoms with Crippen LogP contribution >= 0.6 is 0 Å². The van der Waals surface area contributed by atoms with Crippen molar-refractivity contribution in [2.24, 2.45) is 0 Å². The van der Waals surface area contributed by atoms with Crippen molar-refractivity contribution in [3.05, 3.63) is 37.5 Å². The second-order valence-electron chi connectivity index (χ2n) is 2.56. The Labute approximate surface area is 81.4 Å². The van der Waals surface area contributed by atoms with Gasteiger partial charge in [-0.15, -0.1) is 16.8 Å². The van der Waals surface area contributed by atoms with Gasteiger partial charge in [0.2, 0.25) is 17.9 Å². The molecule has 0 saturated carbocycles. The smallest absolute Gasteiger partial charge is 0.204 e. The summed E-state index contributed by atoms with van der Waals surface area (Å²) >= 11 is 0. The molecular formula is C9H10N3O2. The molecule has 1 unspecified atom stereocenters. The van der Waals surface area contributed by atoms with Crippen LogP contribution in [-0.2, 0) is 0 Å². The fourth-order valence-corrected chi connectivity index (χ4v) is 0.916. The van der Waals surface area contributed by atoms with Crippen molar-refractivity contribution in [2.45, 2.75) is 12.6 Å². The highest BCUT2D eigenvalue weighted by molar-refractivity contribution is 5.93. The summed E-state index contributed by atoms with van der Waals surface area (Å²) in [6, 6.07) is 0. The molecule has 0 spiro atoms. The first-order valence-corrected chi connectivity index (χ1v) is 3.98. The number of rotatable bonds is 5. The average Bonchev–Trinajstić information content (AvgIpc) is 2.65. The fourth-order valence-electron chi connectivity index (χ4n) is 0.916. The molecule has 0 aliphatic heterocycles. The van der Waals surface area contributed by atoms with Crippen LogP contribution in [0.15, 0.2) is 25.3 Å². The zero-order valence-corrected chi connectivity index (χ0v) is 7.55. The van der Waals surface area contributed by atoms with Gasteiger partial charge in [0.05, 0.1) is 0 Å². The maximum Gasteiger partial charge on any atom is 0.204 e. The lowest BCUT2D eigenvalue weighted by molar-refractivity contribution is 0.0951. The molecule has 0 aromatic carbocycles. The zero-order chi connectivity index (χ0) is 10.6. The van der Waals surface area contributed by atoms with Gasteiger partial charge >= 0.3 is 0 Å². The summed E-state index contributed by atoms with van der Waals surface area (Å²) in [6.45, 7) is 6.82. The molecule has 1 atom stereocenters. The van der Waals surface area contributed by atoms with Gasteiger partial charge in [0.25, 0.3) is 0 Å². The van der Waals surface area contributed by atoms with E-state index in [2.05, 4.69) is 29.7 Å². The van der Waals surface area contributed by atoms with E-state index in [1.165, 1.54) is 12.2 Å². The molecule has 5 nitrogen and oxygen atoms in total. The highest BCUT2D eigenvalue weighted by atomic mass is 16.3. The second kappa shape index (κ2) is 4.48. The normalized spacial score (nSPS) is 12.1. The van der Waals surface area contributed by atoms with E-state index >= 15 is 0 Å². The number of Topliss-reactive ketones (excluding diaryl/α,β-unsaturated/α-hetero) is 1. The maximum absolute atomic E-state index is 11.4. The Hall–Kier alpha value is -1.75. The molecule has 14 heavy (non-hydrogen) atoms. The number of aliphatic hydroxyl groups is 1. The van der Waals surface area contributed by atoms with Crippen LogP contribution in [0.3, 0.4) is 0 Å². The summed E-state index contributed by atoms with van der Waals surface area (Å²) < 4.78 is 1.12. The predicted molar refractivity (Wildman–Crippen MR) is 49.5 cm³/mol. The Morgan fingerprint density at radius 1 is 1.71 bits per heavy atom. The minimum Gasteiger partial charge on any atom is -0.369 e. The molecule has 1 N–H and O–H groups in total. The number of hydrogen-bond acceptors (Lipinski definition) is 4. The van der Waals surface area contributed by atoms with E-state index in [4.69, 9.17) is 0 Å². The summed E-state index contributed by atoms with van der Waals surface area (Å²) in [6.07, 6.45) is 4.21. The summed E-state index contributed by atoms with van der Waals surface area (Å²) in [4.78, 5) is 11.4. The Bertz CT molecular complexity index is 357. The lowest BCUT2D eigenvalue weighted by atomic mass is 10.2. The molecule has 5 heteroatoms. The molecule has 1 heterocycles. The van der Waals surface area contributed by atoms with E-state index in [0.29, 0.717) is 0 Å². The highest BCUT2D eigenvalue weighted by Crippen LogP contribution is 2.07. The molecule has 1 rings (SSSR count). The summed E-state index contributed by atoms with van der Waals surface area (Å²) in [5.74, 6) is -0.216. The fraction of sp³-hybridized carbons (Fsp3) is 0.222. The van der Waals surface area contributed by atoms with Crippen LogP contribution in [0.25, 0.3) is 0 Å². The quantitative estimate of drug-likeness (QED) is 0.545. The van der Waals surface area contributed by atoms with E-state index in [1.807, 2.05) is 0 Å². The van der Waals surface area contributed by atoms with Crippen molar-refractivity contribution in [3.8, 4) is 0 Å². The van der Waals surface area contributed by atoms with Gasteiger partial charge in [-0.2, -0.15) is 0 Å². The van der Waals surface area contributed by atoms with Gasteiger partial charge in [-0.25, -0.2) is 0 Å². The minimum atomic E-state index is -1.03. The molecule has 0 fully saturated rings. The van der Waals surface area contributed by atoms with Gasteiger partial charge in [0, 0.05) is 6.42 Å². The van der Waals surface area contributed by atoms with Crippen LogP contribution in [0.5, 0.6) is 0 Å². The number of allylic oxidation sites excluding steroid dienone is 1. The molecule has 0 saturated heterocycles. The first-order chi connectivity index (χ1) is 6.70. The number of aromatic nitrogens is 3. The number of carbonyl (C=O) groups excluding carboxylic acids is 1. The molecule has 0 aliphatic rings. The third kappa shape index (κ3) is 1.94. The van der Waals surface area contributed by atoms with Crippen molar-refractivity contribution >= 4 is 5.78 Å².